The lowest BCUT2D eigenvalue weighted by molar-refractivity contribution is -0.139. The maximum Gasteiger partial charge on any atom is 0.326 e. The van der Waals surface area contributed by atoms with E-state index in [0.717, 1.165) is 5.75 Å². The highest BCUT2D eigenvalue weighted by Gasteiger charge is 2.18. The Morgan fingerprint density at radius 2 is 2.19 bits per heavy atom. The van der Waals surface area contributed by atoms with Crippen LogP contribution in [0.15, 0.2) is 0 Å². The maximum atomic E-state index is 11.3. The molecule has 0 aromatic rings. The molecule has 1 atom stereocenters. The van der Waals surface area contributed by atoms with E-state index in [2.05, 4.69) is 10.6 Å². The van der Waals surface area contributed by atoms with Crippen molar-refractivity contribution in [3.05, 3.63) is 0 Å². The van der Waals surface area contributed by atoms with Gasteiger partial charge in [-0.15, -0.1) is 0 Å². The van der Waals surface area contributed by atoms with Crippen LogP contribution in [0.2, 0.25) is 0 Å². The minimum absolute atomic E-state index is 0.252. The molecule has 94 valence electrons. The van der Waals surface area contributed by atoms with Crippen LogP contribution in [0.3, 0.4) is 0 Å². The second-order valence-corrected chi connectivity index (χ2v) is 4.05. The molecule has 7 heteroatoms. The number of hydrogen-bond donors (Lipinski definition) is 3. The van der Waals surface area contributed by atoms with Crippen LogP contribution in [0.5, 0.6) is 0 Å². The van der Waals surface area contributed by atoms with Crippen LogP contribution in [0, 0.1) is 0 Å². The summed E-state index contributed by atoms with van der Waals surface area (Å²) in [5.74, 6) is -0.263. The van der Waals surface area contributed by atoms with E-state index in [9.17, 15) is 9.59 Å². The zero-order valence-electron chi connectivity index (χ0n) is 9.49. The molecule has 0 aromatic carbocycles. The predicted molar refractivity (Wildman–Crippen MR) is 62.8 cm³/mol. The van der Waals surface area contributed by atoms with Crippen molar-refractivity contribution in [3.8, 4) is 0 Å². The van der Waals surface area contributed by atoms with Crippen molar-refractivity contribution in [1.29, 1.82) is 0 Å². The minimum atomic E-state index is -1.06. The Hall–Kier alpha value is -0.950. The summed E-state index contributed by atoms with van der Waals surface area (Å²) >= 11 is 1.60. The molecule has 0 heterocycles. The number of hydrogen-bond acceptors (Lipinski definition) is 4. The van der Waals surface area contributed by atoms with Crippen LogP contribution in [-0.4, -0.2) is 55.4 Å². The number of carbonyl (C=O) groups excluding carboxylic acids is 1. The van der Waals surface area contributed by atoms with Crippen LogP contribution in [-0.2, 0) is 9.53 Å². The molecule has 3 N–H and O–H groups in total. The molecule has 1 unspecified atom stereocenters. The number of nitrogens with one attached hydrogen (secondary N) is 2. The summed E-state index contributed by atoms with van der Waals surface area (Å²) in [5, 5.41) is 13.8. The fourth-order valence-electron chi connectivity index (χ4n) is 0.969. The summed E-state index contributed by atoms with van der Waals surface area (Å²) < 4.78 is 4.76. The van der Waals surface area contributed by atoms with Gasteiger partial charge in [0.25, 0.3) is 0 Å². The standard InChI is InChI=1S/C9H18N2O4S/c1-15-5-3-7(8(12)13)11-9(14)10-4-6-16-2/h7H,3-6H2,1-2H3,(H,12,13)(H2,10,11,14). The molecule has 2 amide bonds. The van der Waals surface area contributed by atoms with Gasteiger partial charge < -0.3 is 20.5 Å². The van der Waals surface area contributed by atoms with Crippen molar-refractivity contribution < 1.29 is 19.4 Å². The molecule has 0 aromatic heterocycles. The van der Waals surface area contributed by atoms with Crippen LogP contribution >= 0.6 is 11.8 Å². The lowest BCUT2D eigenvalue weighted by atomic mass is 10.2. The van der Waals surface area contributed by atoms with Gasteiger partial charge >= 0.3 is 12.0 Å². The number of carbonyl (C=O) groups is 2. The number of thioether (sulfide) groups is 1. The second kappa shape index (κ2) is 9.29. The number of methoxy groups -OCH3 is 1. The van der Waals surface area contributed by atoms with E-state index in [0.29, 0.717) is 13.2 Å². The lowest BCUT2D eigenvalue weighted by Gasteiger charge is -2.14. The van der Waals surface area contributed by atoms with Gasteiger partial charge in [0.2, 0.25) is 0 Å². The van der Waals surface area contributed by atoms with Crippen molar-refractivity contribution in [1.82, 2.24) is 10.6 Å². The molecule has 0 aliphatic carbocycles. The van der Waals surface area contributed by atoms with E-state index in [1.54, 1.807) is 11.8 Å². The van der Waals surface area contributed by atoms with E-state index in [1.165, 1.54) is 7.11 Å². The second-order valence-electron chi connectivity index (χ2n) is 3.07. The molecular formula is C9H18N2O4S. The average molecular weight is 250 g/mol. The third-order valence-electron chi connectivity index (χ3n) is 1.81. The number of urea groups is 1. The Morgan fingerprint density at radius 3 is 2.69 bits per heavy atom. The summed E-state index contributed by atoms with van der Waals surface area (Å²) in [6.07, 6.45) is 2.18. The third kappa shape index (κ3) is 7.36. The smallest absolute Gasteiger partial charge is 0.326 e. The summed E-state index contributed by atoms with van der Waals surface area (Å²) in [7, 11) is 1.48. The minimum Gasteiger partial charge on any atom is -0.480 e. The number of rotatable bonds is 8. The Kier molecular flexibility index (Phi) is 8.74. The molecule has 6 nitrogen and oxygen atoms in total. The first-order valence-electron chi connectivity index (χ1n) is 4.86. The molecular weight excluding hydrogens is 232 g/mol. The van der Waals surface area contributed by atoms with Gasteiger partial charge in [-0.25, -0.2) is 9.59 Å². The van der Waals surface area contributed by atoms with E-state index in [1.807, 2.05) is 6.26 Å². The third-order valence-corrected chi connectivity index (χ3v) is 2.42. The summed E-state index contributed by atoms with van der Waals surface area (Å²) in [6, 6.07) is -1.37. The molecule has 0 rings (SSSR count). The first-order valence-corrected chi connectivity index (χ1v) is 6.26. The molecule has 0 bridgehead atoms. The fraction of sp³-hybridized carbons (Fsp3) is 0.778. The number of carboxylic acid groups (broad SMARTS) is 1. The van der Waals surface area contributed by atoms with Gasteiger partial charge in [-0.2, -0.15) is 11.8 Å². The van der Waals surface area contributed by atoms with Gasteiger partial charge in [-0.05, 0) is 6.26 Å². The maximum absolute atomic E-state index is 11.3. The van der Waals surface area contributed by atoms with E-state index in [4.69, 9.17) is 9.84 Å². The highest BCUT2D eigenvalue weighted by Crippen LogP contribution is 1.93. The quantitative estimate of drug-likeness (QED) is 0.533. The van der Waals surface area contributed by atoms with Crippen molar-refractivity contribution in [2.24, 2.45) is 0 Å². The van der Waals surface area contributed by atoms with Crippen LogP contribution in [0.1, 0.15) is 6.42 Å². The largest absolute Gasteiger partial charge is 0.480 e. The molecule has 0 saturated carbocycles. The van der Waals surface area contributed by atoms with Crippen LogP contribution in [0.4, 0.5) is 4.79 Å². The van der Waals surface area contributed by atoms with Crippen molar-refractivity contribution in [2.45, 2.75) is 12.5 Å². The monoisotopic (exact) mass is 250 g/mol. The first-order chi connectivity index (χ1) is 7.61. The Balaban J connectivity index is 3.88. The van der Waals surface area contributed by atoms with E-state index < -0.39 is 18.0 Å². The average Bonchev–Trinajstić information content (AvgIpc) is 2.24. The van der Waals surface area contributed by atoms with Crippen molar-refractivity contribution in [3.63, 3.8) is 0 Å². The van der Waals surface area contributed by atoms with Crippen molar-refractivity contribution >= 4 is 23.8 Å². The SMILES string of the molecule is COCCC(NC(=O)NCCSC)C(=O)O. The summed E-state index contributed by atoms with van der Waals surface area (Å²) in [5.41, 5.74) is 0. The topological polar surface area (TPSA) is 87.7 Å². The fourth-order valence-corrected chi connectivity index (χ4v) is 1.28. The molecule has 0 spiro atoms. The van der Waals surface area contributed by atoms with Gasteiger partial charge in [0.05, 0.1) is 0 Å². The summed E-state index contributed by atoms with van der Waals surface area (Å²) in [4.78, 5) is 22.0. The van der Waals surface area contributed by atoms with Crippen LogP contribution in [0.25, 0.3) is 0 Å². The number of carboxylic acids is 1. The van der Waals surface area contributed by atoms with Gasteiger partial charge in [0.1, 0.15) is 6.04 Å². The molecule has 0 radical (unpaired) electrons. The van der Waals surface area contributed by atoms with Crippen LogP contribution < -0.4 is 10.6 Å². The predicted octanol–water partition coefficient (Wildman–Crippen LogP) is 0.138. The Morgan fingerprint density at radius 1 is 1.50 bits per heavy atom. The first kappa shape index (κ1) is 15.0. The molecule has 0 aliphatic rings. The van der Waals surface area contributed by atoms with Gasteiger partial charge in [0.15, 0.2) is 0 Å². The zero-order valence-corrected chi connectivity index (χ0v) is 10.3. The normalized spacial score (nSPS) is 11.9. The zero-order chi connectivity index (χ0) is 12.4. The highest BCUT2D eigenvalue weighted by molar-refractivity contribution is 7.98. The van der Waals surface area contributed by atoms with E-state index >= 15 is 0 Å². The molecule has 0 aliphatic heterocycles. The summed E-state index contributed by atoms with van der Waals surface area (Å²) in [6.45, 7) is 0.811. The molecule has 0 fully saturated rings. The molecule has 16 heavy (non-hydrogen) atoms. The number of ether oxygens (including phenoxy) is 1. The lowest BCUT2D eigenvalue weighted by Crippen LogP contribution is -2.46. The number of amides is 2. The van der Waals surface area contributed by atoms with E-state index in [-0.39, 0.29) is 6.42 Å². The Bertz CT molecular complexity index is 226. The molecule has 0 saturated heterocycles. The van der Waals surface area contributed by atoms with Crippen molar-refractivity contribution in [2.75, 3.05) is 32.3 Å². The highest BCUT2D eigenvalue weighted by atomic mass is 32.2. The van der Waals surface area contributed by atoms with Gasteiger partial charge in [-0.1, -0.05) is 0 Å². The van der Waals surface area contributed by atoms with Gasteiger partial charge in [-0.3, -0.25) is 0 Å². The van der Waals surface area contributed by atoms with Gasteiger partial charge in [0, 0.05) is 32.4 Å². The Labute approximate surface area is 99.1 Å². The number of aliphatic carboxylic acids is 1.